The van der Waals surface area contributed by atoms with Crippen molar-refractivity contribution in [1.82, 2.24) is 5.32 Å². The van der Waals surface area contributed by atoms with E-state index in [1.807, 2.05) is 49.4 Å². The molecule has 0 saturated carbocycles. The Labute approximate surface area is 144 Å². The summed E-state index contributed by atoms with van der Waals surface area (Å²) in [6, 6.07) is 13.9. The highest BCUT2D eigenvalue weighted by atomic mass is 32.2. The van der Waals surface area contributed by atoms with Gasteiger partial charge in [-0.2, -0.15) is 0 Å². The third-order valence-corrected chi connectivity index (χ3v) is 4.91. The number of carbonyl (C=O) groups excluding carboxylic acids is 1. The van der Waals surface area contributed by atoms with Gasteiger partial charge in [0.25, 0.3) is 5.91 Å². The lowest BCUT2D eigenvalue weighted by Crippen LogP contribution is -2.19. The van der Waals surface area contributed by atoms with E-state index in [1.54, 1.807) is 0 Å². The highest BCUT2D eigenvalue weighted by Crippen LogP contribution is 2.31. The summed E-state index contributed by atoms with van der Waals surface area (Å²) in [6.45, 7) is 2.74. The Morgan fingerprint density at radius 2 is 2.12 bits per heavy atom. The number of thioether (sulfide) groups is 1. The van der Waals surface area contributed by atoms with Crippen LogP contribution in [0.25, 0.3) is 6.08 Å². The average Bonchev–Trinajstić information content (AvgIpc) is 3.16. The molecule has 1 amide bonds. The lowest BCUT2D eigenvalue weighted by molar-refractivity contribution is -0.115. The number of rotatable bonds is 2. The zero-order chi connectivity index (χ0) is 16.5. The van der Waals surface area contributed by atoms with Crippen LogP contribution in [0.3, 0.4) is 0 Å². The lowest BCUT2D eigenvalue weighted by atomic mass is 10.1. The van der Waals surface area contributed by atoms with Crippen LogP contribution in [0.2, 0.25) is 0 Å². The molecular weight excluding hydrogens is 320 g/mol. The molecule has 2 heterocycles. The fourth-order valence-corrected chi connectivity index (χ4v) is 3.56. The van der Waals surface area contributed by atoms with Crippen molar-refractivity contribution in [2.45, 2.75) is 13.3 Å². The number of aliphatic imine (C=N–C) groups is 1. The van der Waals surface area contributed by atoms with E-state index in [0.29, 0.717) is 10.1 Å². The van der Waals surface area contributed by atoms with Crippen LogP contribution in [0, 0.1) is 6.92 Å². The van der Waals surface area contributed by atoms with Crippen LogP contribution < -0.4 is 10.1 Å². The Morgan fingerprint density at radius 3 is 3.00 bits per heavy atom. The van der Waals surface area contributed by atoms with E-state index in [2.05, 4.69) is 16.4 Å². The number of fused-ring (bicyclic) bond motifs is 1. The fraction of sp³-hybridized carbons (Fsp3) is 0.158. The molecule has 2 aromatic carbocycles. The third-order valence-electron chi connectivity index (χ3n) is 4.00. The zero-order valence-electron chi connectivity index (χ0n) is 13.2. The first-order valence-corrected chi connectivity index (χ1v) is 8.62. The molecule has 2 aromatic rings. The molecule has 0 spiro atoms. The van der Waals surface area contributed by atoms with Crippen LogP contribution in [-0.2, 0) is 11.2 Å². The summed E-state index contributed by atoms with van der Waals surface area (Å²) in [4.78, 5) is 17.4. The minimum absolute atomic E-state index is 0.107. The van der Waals surface area contributed by atoms with E-state index in [1.165, 1.54) is 17.3 Å². The average molecular weight is 336 g/mol. The normalized spacial score (nSPS) is 19.5. The summed E-state index contributed by atoms with van der Waals surface area (Å²) in [6.07, 6.45) is 2.82. The van der Waals surface area contributed by atoms with Crippen LogP contribution in [0.1, 0.15) is 16.7 Å². The van der Waals surface area contributed by atoms with E-state index < -0.39 is 0 Å². The quantitative estimate of drug-likeness (QED) is 0.848. The van der Waals surface area contributed by atoms with Crippen molar-refractivity contribution in [3.63, 3.8) is 0 Å². The van der Waals surface area contributed by atoms with Crippen LogP contribution in [0.5, 0.6) is 5.75 Å². The predicted molar refractivity (Wildman–Crippen MR) is 97.6 cm³/mol. The largest absolute Gasteiger partial charge is 0.493 e. The smallest absolute Gasteiger partial charge is 0.264 e. The summed E-state index contributed by atoms with van der Waals surface area (Å²) < 4.78 is 5.51. The van der Waals surface area contributed by atoms with Crippen molar-refractivity contribution in [2.24, 2.45) is 4.99 Å². The summed E-state index contributed by atoms with van der Waals surface area (Å²) in [5.41, 5.74) is 4.16. The molecule has 0 unspecified atom stereocenters. The number of ether oxygens (including phenoxy) is 1. The topological polar surface area (TPSA) is 50.7 Å². The van der Waals surface area contributed by atoms with Gasteiger partial charge >= 0.3 is 0 Å². The summed E-state index contributed by atoms with van der Waals surface area (Å²) in [7, 11) is 0. The molecule has 1 N–H and O–H groups in total. The van der Waals surface area contributed by atoms with Crippen molar-refractivity contribution in [1.29, 1.82) is 0 Å². The molecule has 4 nitrogen and oxygen atoms in total. The van der Waals surface area contributed by atoms with Crippen molar-refractivity contribution in [2.75, 3.05) is 6.61 Å². The van der Waals surface area contributed by atoms with E-state index in [4.69, 9.17) is 4.74 Å². The molecule has 1 saturated heterocycles. The molecule has 0 radical (unpaired) electrons. The molecule has 1 fully saturated rings. The number of aryl methyl sites for hydroxylation is 1. The standard InChI is InChI=1S/C19H16N2O2S/c1-12-4-2-3-5-15(12)20-19-21-18(22)17(24-19)11-13-6-7-16-14(10-13)8-9-23-16/h2-7,10-11H,8-9H2,1H3,(H,20,21,22). The molecular formula is C19H16N2O2S. The predicted octanol–water partition coefficient (Wildman–Crippen LogP) is 3.82. The van der Waals surface area contributed by atoms with Gasteiger partial charge in [0.05, 0.1) is 17.2 Å². The maximum Gasteiger partial charge on any atom is 0.264 e. The molecule has 0 aromatic heterocycles. The van der Waals surface area contributed by atoms with Crippen LogP contribution in [-0.4, -0.2) is 17.7 Å². The van der Waals surface area contributed by atoms with Gasteiger partial charge in [0, 0.05) is 6.42 Å². The van der Waals surface area contributed by atoms with Gasteiger partial charge in [-0.15, -0.1) is 0 Å². The van der Waals surface area contributed by atoms with Gasteiger partial charge in [0.15, 0.2) is 5.17 Å². The molecule has 5 heteroatoms. The number of amidine groups is 1. The van der Waals surface area contributed by atoms with Crippen molar-refractivity contribution < 1.29 is 9.53 Å². The summed E-state index contributed by atoms with van der Waals surface area (Å²) in [5, 5.41) is 3.45. The molecule has 0 atom stereocenters. The first-order chi connectivity index (χ1) is 11.7. The number of para-hydroxylation sites is 1. The fourth-order valence-electron chi connectivity index (χ4n) is 2.73. The molecule has 0 bridgehead atoms. The Bertz CT molecular complexity index is 887. The van der Waals surface area contributed by atoms with Gasteiger partial charge in [-0.3, -0.25) is 4.79 Å². The van der Waals surface area contributed by atoms with Crippen LogP contribution in [0.4, 0.5) is 5.69 Å². The van der Waals surface area contributed by atoms with Gasteiger partial charge in [-0.05, 0) is 59.7 Å². The van der Waals surface area contributed by atoms with E-state index in [9.17, 15) is 4.79 Å². The van der Waals surface area contributed by atoms with E-state index >= 15 is 0 Å². The number of nitrogens with zero attached hydrogens (tertiary/aromatic N) is 1. The highest BCUT2D eigenvalue weighted by Gasteiger charge is 2.24. The van der Waals surface area contributed by atoms with Crippen molar-refractivity contribution >= 4 is 34.6 Å². The minimum Gasteiger partial charge on any atom is -0.493 e. The highest BCUT2D eigenvalue weighted by molar-refractivity contribution is 8.18. The molecule has 120 valence electrons. The second-order valence-corrected chi connectivity index (χ2v) is 6.76. The van der Waals surface area contributed by atoms with Crippen LogP contribution in [0.15, 0.2) is 52.4 Å². The number of carbonyl (C=O) groups is 1. The first-order valence-electron chi connectivity index (χ1n) is 7.80. The second-order valence-electron chi connectivity index (χ2n) is 5.73. The number of hydrogen-bond acceptors (Lipinski definition) is 4. The lowest BCUT2D eigenvalue weighted by Gasteiger charge is -2.00. The van der Waals surface area contributed by atoms with E-state index in [0.717, 1.165) is 35.6 Å². The Hall–Kier alpha value is -2.53. The number of nitrogens with one attached hydrogen (secondary N) is 1. The van der Waals surface area contributed by atoms with Gasteiger partial charge in [0.2, 0.25) is 0 Å². The molecule has 4 rings (SSSR count). The van der Waals surface area contributed by atoms with Gasteiger partial charge in [-0.25, -0.2) is 4.99 Å². The Morgan fingerprint density at radius 1 is 1.25 bits per heavy atom. The molecule has 2 aliphatic heterocycles. The Balaban J connectivity index is 1.59. The number of benzene rings is 2. The first kappa shape index (κ1) is 15.0. The molecule has 0 aliphatic carbocycles. The molecule has 24 heavy (non-hydrogen) atoms. The maximum absolute atomic E-state index is 12.2. The second kappa shape index (κ2) is 6.17. The zero-order valence-corrected chi connectivity index (χ0v) is 14.0. The SMILES string of the molecule is Cc1ccccc1N=C1NC(=O)C(=Cc2ccc3c(c2)CCO3)S1. The Kier molecular flexibility index (Phi) is 3.86. The van der Waals surface area contributed by atoms with Crippen molar-refractivity contribution in [3.8, 4) is 5.75 Å². The number of amides is 1. The summed E-state index contributed by atoms with van der Waals surface area (Å²) >= 11 is 1.37. The molecule has 2 aliphatic rings. The minimum atomic E-state index is -0.107. The van der Waals surface area contributed by atoms with Gasteiger partial charge < -0.3 is 10.1 Å². The van der Waals surface area contributed by atoms with E-state index in [-0.39, 0.29) is 5.91 Å². The summed E-state index contributed by atoms with van der Waals surface area (Å²) in [5.74, 6) is 0.839. The number of hydrogen-bond donors (Lipinski definition) is 1. The third kappa shape index (κ3) is 2.95. The van der Waals surface area contributed by atoms with Gasteiger partial charge in [-0.1, -0.05) is 24.3 Å². The maximum atomic E-state index is 12.2. The van der Waals surface area contributed by atoms with Crippen molar-refractivity contribution in [3.05, 3.63) is 64.1 Å². The van der Waals surface area contributed by atoms with Gasteiger partial charge in [0.1, 0.15) is 5.75 Å². The van der Waals surface area contributed by atoms with Crippen LogP contribution >= 0.6 is 11.8 Å². The monoisotopic (exact) mass is 336 g/mol.